The van der Waals surface area contributed by atoms with Gasteiger partial charge in [0.1, 0.15) is 4.70 Å². The van der Waals surface area contributed by atoms with E-state index < -0.39 is 5.69 Å². The van der Waals surface area contributed by atoms with Crippen molar-refractivity contribution in [3.63, 3.8) is 0 Å². The van der Waals surface area contributed by atoms with Gasteiger partial charge in [0.15, 0.2) is 0 Å². The molecule has 6 nitrogen and oxygen atoms in total. The number of carbonyl (C=O) groups is 1. The molecule has 0 spiro atoms. The Kier molecular flexibility index (Phi) is 4.27. The predicted octanol–water partition coefficient (Wildman–Crippen LogP) is 2.86. The van der Waals surface area contributed by atoms with E-state index in [2.05, 4.69) is 17.2 Å². The third-order valence-electron chi connectivity index (χ3n) is 7.54. The van der Waals surface area contributed by atoms with Crippen LogP contribution in [0.1, 0.15) is 51.9 Å². The maximum atomic E-state index is 12.6. The molecule has 150 valence electrons. The molecule has 2 aromatic heterocycles. The Balaban J connectivity index is 1.26. The van der Waals surface area contributed by atoms with Crippen molar-refractivity contribution in [1.82, 2.24) is 14.9 Å². The van der Waals surface area contributed by atoms with Crippen LogP contribution in [-0.2, 0) is 11.3 Å². The molecule has 1 amide bonds. The molecule has 4 bridgehead atoms. The molecule has 2 heterocycles. The van der Waals surface area contributed by atoms with Crippen molar-refractivity contribution in [2.75, 3.05) is 0 Å². The van der Waals surface area contributed by atoms with E-state index in [1.165, 1.54) is 49.9 Å². The average molecular weight is 402 g/mol. The average Bonchev–Trinajstić information content (AvgIpc) is 3.08. The van der Waals surface area contributed by atoms with Gasteiger partial charge in [0.25, 0.3) is 5.56 Å². The maximum absolute atomic E-state index is 12.6. The molecule has 4 aliphatic carbocycles. The summed E-state index contributed by atoms with van der Waals surface area (Å²) in [6.07, 6.45) is 8.04. The molecule has 0 aromatic carbocycles. The fourth-order valence-corrected chi connectivity index (χ4v) is 7.36. The Morgan fingerprint density at radius 3 is 2.54 bits per heavy atom. The van der Waals surface area contributed by atoms with Crippen LogP contribution in [-0.4, -0.2) is 21.5 Å². The van der Waals surface area contributed by atoms with Gasteiger partial charge in [-0.25, -0.2) is 4.79 Å². The highest BCUT2D eigenvalue weighted by Gasteiger charge is 2.53. The molecule has 1 unspecified atom stereocenters. The number of fused-ring (bicyclic) bond motifs is 1. The minimum Gasteiger partial charge on any atom is -0.353 e. The molecular weight excluding hydrogens is 374 g/mol. The minimum atomic E-state index is -0.446. The van der Waals surface area contributed by atoms with Gasteiger partial charge >= 0.3 is 5.69 Å². The van der Waals surface area contributed by atoms with Crippen LogP contribution >= 0.6 is 11.3 Å². The third kappa shape index (κ3) is 2.95. The number of nitrogens with zero attached hydrogens (tertiary/aromatic N) is 1. The van der Waals surface area contributed by atoms with Crippen LogP contribution in [0.4, 0.5) is 0 Å². The van der Waals surface area contributed by atoms with Gasteiger partial charge < -0.3 is 10.3 Å². The second-order valence-corrected chi connectivity index (χ2v) is 10.3. The first-order valence-electron chi connectivity index (χ1n) is 10.4. The molecule has 2 aromatic rings. The standard InChI is InChI=1S/C21H27N3O3S/c1-12(21-9-13-6-14(10-21)8-15(7-13)11-21)22-17(25)2-4-24-19(26)18-16(3-5-28-18)23-20(24)27/h3,5,12-15H,2,4,6-11H2,1H3,(H,22,25)(H,23,27). The van der Waals surface area contributed by atoms with Crippen LogP contribution in [0.3, 0.4) is 0 Å². The summed E-state index contributed by atoms with van der Waals surface area (Å²) in [6.45, 7) is 2.27. The van der Waals surface area contributed by atoms with E-state index in [0.29, 0.717) is 10.2 Å². The number of aromatic nitrogens is 2. The Morgan fingerprint density at radius 1 is 1.25 bits per heavy atom. The van der Waals surface area contributed by atoms with E-state index in [4.69, 9.17) is 0 Å². The summed E-state index contributed by atoms with van der Waals surface area (Å²) in [5.41, 5.74) is 0.0684. The Labute approximate surface area is 167 Å². The first-order valence-corrected chi connectivity index (χ1v) is 11.3. The van der Waals surface area contributed by atoms with Crippen LogP contribution in [0, 0.1) is 23.2 Å². The monoisotopic (exact) mass is 401 g/mol. The number of thiophene rings is 1. The zero-order valence-corrected chi connectivity index (χ0v) is 17.0. The first kappa shape index (κ1) is 18.2. The molecule has 4 saturated carbocycles. The number of aromatic amines is 1. The highest BCUT2D eigenvalue weighted by molar-refractivity contribution is 7.17. The molecule has 0 aliphatic heterocycles. The highest BCUT2D eigenvalue weighted by Crippen LogP contribution is 2.61. The largest absolute Gasteiger partial charge is 0.353 e. The van der Waals surface area contributed by atoms with Gasteiger partial charge in [-0.05, 0) is 80.1 Å². The smallest absolute Gasteiger partial charge is 0.328 e. The summed E-state index contributed by atoms with van der Waals surface area (Å²) >= 11 is 1.31. The number of hydrogen-bond acceptors (Lipinski definition) is 4. The SMILES string of the molecule is CC(NC(=O)CCn1c(=O)[nH]c2ccsc2c1=O)C12CC3CC(CC(C3)C1)C2. The second kappa shape index (κ2) is 6.58. The number of carbonyl (C=O) groups excluding carboxylic acids is 1. The Bertz CT molecular complexity index is 998. The van der Waals surface area contributed by atoms with Crippen LogP contribution < -0.4 is 16.6 Å². The zero-order valence-electron chi connectivity index (χ0n) is 16.2. The van der Waals surface area contributed by atoms with Gasteiger partial charge in [-0.15, -0.1) is 11.3 Å². The normalized spacial score (nSPS) is 32.0. The summed E-state index contributed by atoms with van der Waals surface area (Å²) in [7, 11) is 0. The summed E-state index contributed by atoms with van der Waals surface area (Å²) < 4.78 is 1.68. The van der Waals surface area contributed by atoms with Gasteiger partial charge in [-0.1, -0.05) is 0 Å². The lowest BCUT2D eigenvalue weighted by Crippen LogP contribution is -2.55. The van der Waals surface area contributed by atoms with Crippen LogP contribution in [0.2, 0.25) is 0 Å². The molecule has 1 atom stereocenters. The van der Waals surface area contributed by atoms with E-state index in [-0.39, 0.29) is 35.9 Å². The lowest BCUT2D eigenvalue weighted by molar-refractivity contribution is -0.126. The maximum Gasteiger partial charge on any atom is 0.328 e. The molecular formula is C21H27N3O3S. The molecule has 4 aliphatic rings. The lowest BCUT2D eigenvalue weighted by atomic mass is 9.48. The van der Waals surface area contributed by atoms with Crippen molar-refractivity contribution in [2.24, 2.45) is 23.2 Å². The molecule has 28 heavy (non-hydrogen) atoms. The van der Waals surface area contributed by atoms with Crippen LogP contribution in [0.15, 0.2) is 21.0 Å². The van der Waals surface area contributed by atoms with Gasteiger partial charge in [-0.2, -0.15) is 0 Å². The van der Waals surface area contributed by atoms with E-state index in [0.717, 1.165) is 22.3 Å². The van der Waals surface area contributed by atoms with Crippen molar-refractivity contribution >= 4 is 27.5 Å². The van der Waals surface area contributed by atoms with Crippen LogP contribution in [0.5, 0.6) is 0 Å². The van der Waals surface area contributed by atoms with Crippen LogP contribution in [0.25, 0.3) is 10.2 Å². The Morgan fingerprint density at radius 2 is 1.89 bits per heavy atom. The van der Waals surface area contributed by atoms with Crippen molar-refractivity contribution < 1.29 is 4.79 Å². The predicted molar refractivity (Wildman–Crippen MR) is 110 cm³/mol. The van der Waals surface area contributed by atoms with Crippen molar-refractivity contribution in [3.05, 3.63) is 32.3 Å². The summed E-state index contributed by atoms with van der Waals surface area (Å²) in [6, 6.07) is 1.88. The minimum absolute atomic E-state index is 0.0687. The van der Waals surface area contributed by atoms with Gasteiger partial charge in [0.05, 0.1) is 5.52 Å². The molecule has 0 radical (unpaired) electrons. The lowest BCUT2D eigenvalue weighted by Gasteiger charge is -2.59. The first-order chi connectivity index (χ1) is 13.4. The highest BCUT2D eigenvalue weighted by atomic mass is 32.1. The molecule has 2 N–H and O–H groups in total. The summed E-state index contributed by atoms with van der Waals surface area (Å²) in [4.78, 5) is 40.0. The number of rotatable bonds is 5. The molecule has 6 rings (SSSR count). The number of amides is 1. The van der Waals surface area contributed by atoms with Gasteiger partial charge in [0.2, 0.25) is 5.91 Å². The van der Waals surface area contributed by atoms with E-state index >= 15 is 0 Å². The number of hydrogen-bond donors (Lipinski definition) is 2. The van der Waals surface area contributed by atoms with Crippen molar-refractivity contribution in [2.45, 2.75) is 64.5 Å². The summed E-state index contributed by atoms with van der Waals surface area (Å²) in [5, 5.41) is 5.00. The molecule has 7 heteroatoms. The van der Waals surface area contributed by atoms with Crippen molar-refractivity contribution in [1.29, 1.82) is 0 Å². The summed E-state index contributed by atoms with van der Waals surface area (Å²) in [5.74, 6) is 2.47. The molecule has 0 saturated heterocycles. The second-order valence-electron chi connectivity index (χ2n) is 9.37. The van der Waals surface area contributed by atoms with Gasteiger partial charge in [0, 0.05) is 19.0 Å². The van der Waals surface area contributed by atoms with E-state index in [1.807, 2.05) is 0 Å². The fraction of sp³-hybridized carbons (Fsp3) is 0.667. The zero-order chi connectivity index (χ0) is 19.5. The van der Waals surface area contributed by atoms with E-state index in [1.54, 1.807) is 11.4 Å². The van der Waals surface area contributed by atoms with E-state index in [9.17, 15) is 14.4 Å². The number of H-pyrrole nitrogens is 1. The third-order valence-corrected chi connectivity index (χ3v) is 8.44. The van der Waals surface area contributed by atoms with Gasteiger partial charge in [-0.3, -0.25) is 14.2 Å². The van der Waals surface area contributed by atoms with Crippen molar-refractivity contribution in [3.8, 4) is 0 Å². The fourth-order valence-electron chi connectivity index (χ4n) is 6.56. The Hall–Kier alpha value is -1.89. The molecule has 4 fully saturated rings. The number of nitrogens with one attached hydrogen (secondary N) is 2. The quantitative estimate of drug-likeness (QED) is 0.808. The topological polar surface area (TPSA) is 84.0 Å².